The van der Waals surface area contributed by atoms with E-state index < -0.39 is 11.7 Å². The molecule has 0 saturated carbocycles. The normalized spacial score (nSPS) is 11.5. The second-order valence-electron chi connectivity index (χ2n) is 6.28. The fourth-order valence-corrected chi connectivity index (χ4v) is 3.41. The third-order valence-corrected chi connectivity index (χ3v) is 5.02. The highest BCUT2D eigenvalue weighted by molar-refractivity contribution is 7.13. The summed E-state index contributed by atoms with van der Waals surface area (Å²) in [5, 5.41) is 2.36. The van der Waals surface area contributed by atoms with Crippen LogP contribution < -0.4 is 0 Å². The van der Waals surface area contributed by atoms with Gasteiger partial charge in [-0.3, -0.25) is 4.79 Å². The van der Waals surface area contributed by atoms with Crippen LogP contribution in [0.25, 0.3) is 10.6 Å². The first kappa shape index (κ1) is 20.0. The summed E-state index contributed by atoms with van der Waals surface area (Å²) in [5.74, 6) is -0.572. The molecule has 3 nitrogen and oxygen atoms in total. The van der Waals surface area contributed by atoms with Crippen molar-refractivity contribution in [2.45, 2.75) is 19.1 Å². The number of carbonyl (C=O) groups is 1. The van der Waals surface area contributed by atoms with Crippen molar-refractivity contribution >= 4 is 17.2 Å². The minimum Gasteiger partial charge on any atom is -0.341 e. The summed E-state index contributed by atoms with van der Waals surface area (Å²) in [6, 6.07) is 10.8. The SMILES string of the molecule is CN(Cc1ccc(C(F)(F)F)cc1)C(=O)Cc1csc(-c2cccc(F)c2)n1. The number of carbonyl (C=O) groups excluding carboxylic acids is 1. The molecule has 8 heteroatoms. The van der Waals surface area contributed by atoms with Crippen LogP contribution in [0.2, 0.25) is 0 Å². The van der Waals surface area contributed by atoms with Crippen LogP contribution >= 0.6 is 11.3 Å². The molecule has 1 heterocycles. The molecule has 1 amide bonds. The molecule has 0 aliphatic carbocycles. The van der Waals surface area contributed by atoms with Gasteiger partial charge in [-0.05, 0) is 29.8 Å². The zero-order valence-electron chi connectivity index (χ0n) is 14.8. The molecule has 2 aromatic carbocycles. The molecule has 146 valence electrons. The van der Waals surface area contributed by atoms with Gasteiger partial charge in [-0.2, -0.15) is 13.2 Å². The first-order valence-electron chi connectivity index (χ1n) is 8.33. The van der Waals surface area contributed by atoms with Gasteiger partial charge in [0.05, 0.1) is 17.7 Å². The van der Waals surface area contributed by atoms with Gasteiger partial charge in [0.1, 0.15) is 10.8 Å². The molecule has 0 unspecified atom stereocenters. The van der Waals surface area contributed by atoms with Crippen molar-refractivity contribution in [3.8, 4) is 10.6 Å². The zero-order valence-corrected chi connectivity index (χ0v) is 15.6. The van der Waals surface area contributed by atoms with E-state index >= 15 is 0 Å². The Kier molecular flexibility index (Phi) is 5.79. The Balaban J connectivity index is 1.62. The van der Waals surface area contributed by atoms with Gasteiger partial charge in [0.2, 0.25) is 5.91 Å². The van der Waals surface area contributed by atoms with Crippen molar-refractivity contribution in [2.24, 2.45) is 0 Å². The van der Waals surface area contributed by atoms with Crippen molar-refractivity contribution in [1.82, 2.24) is 9.88 Å². The number of halogens is 4. The van der Waals surface area contributed by atoms with Gasteiger partial charge in [-0.1, -0.05) is 24.3 Å². The molecule has 0 aliphatic rings. The van der Waals surface area contributed by atoms with Crippen LogP contribution in [-0.2, 0) is 23.9 Å². The molecule has 0 spiro atoms. The maximum absolute atomic E-state index is 13.3. The molecular formula is C20H16F4N2OS. The highest BCUT2D eigenvalue weighted by Crippen LogP contribution is 2.29. The van der Waals surface area contributed by atoms with Gasteiger partial charge < -0.3 is 4.90 Å². The molecule has 3 aromatic rings. The van der Waals surface area contributed by atoms with Crippen LogP contribution in [0.3, 0.4) is 0 Å². The van der Waals surface area contributed by atoms with Gasteiger partial charge in [0, 0.05) is 24.5 Å². The predicted octanol–water partition coefficient (Wildman–Crippen LogP) is 5.17. The number of benzene rings is 2. The molecule has 0 saturated heterocycles. The first-order chi connectivity index (χ1) is 13.2. The van der Waals surface area contributed by atoms with Crippen molar-refractivity contribution in [2.75, 3.05) is 7.05 Å². The fourth-order valence-electron chi connectivity index (χ4n) is 2.59. The molecule has 0 bridgehead atoms. The van der Waals surface area contributed by atoms with Crippen LogP contribution in [0.1, 0.15) is 16.8 Å². The fraction of sp³-hybridized carbons (Fsp3) is 0.200. The molecule has 0 radical (unpaired) electrons. The van der Waals surface area contributed by atoms with Gasteiger partial charge in [-0.15, -0.1) is 11.3 Å². The van der Waals surface area contributed by atoms with Crippen LogP contribution in [0.4, 0.5) is 17.6 Å². The van der Waals surface area contributed by atoms with Gasteiger partial charge in [0.25, 0.3) is 0 Å². The molecule has 1 aromatic heterocycles. The van der Waals surface area contributed by atoms with Gasteiger partial charge in [0.15, 0.2) is 0 Å². The molecule has 0 atom stereocenters. The Bertz CT molecular complexity index is 967. The minimum atomic E-state index is -4.38. The number of likely N-dealkylation sites (N-methyl/N-ethyl adjacent to an activating group) is 1. The number of amides is 1. The number of rotatable bonds is 5. The number of thiazole rings is 1. The average Bonchev–Trinajstić information content (AvgIpc) is 3.10. The van der Waals surface area contributed by atoms with E-state index in [2.05, 4.69) is 4.98 Å². The topological polar surface area (TPSA) is 33.2 Å². The Hall–Kier alpha value is -2.74. The summed E-state index contributed by atoms with van der Waals surface area (Å²) in [6.07, 6.45) is -4.33. The summed E-state index contributed by atoms with van der Waals surface area (Å²) < 4.78 is 51.2. The standard InChI is InChI=1S/C20H16F4N2OS/c1-26(11-13-5-7-15(8-6-13)20(22,23)24)18(27)10-17-12-28-19(25-17)14-3-2-4-16(21)9-14/h2-9,12H,10-11H2,1H3. The lowest BCUT2D eigenvalue weighted by molar-refractivity contribution is -0.137. The lowest BCUT2D eigenvalue weighted by atomic mass is 10.1. The largest absolute Gasteiger partial charge is 0.416 e. The number of nitrogens with zero attached hydrogens (tertiary/aromatic N) is 2. The van der Waals surface area contributed by atoms with E-state index in [1.54, 1.807) is 24.6 Å². The van der Waals surface area contributed by atoms with Crippen LogP contribution in [0, 0.1) is 5.82 Å². The Morgan fingerprint density at radius 3 is 2.50 bits per heavy atom. The number of hydrogen-bond donors (Lipinski definition) is 0. The molecule has 28 heavy (non-hydrogen) atoms. The van der Waals surface area contributed by atoms with E-state index in [0.29, 0.717) is 21.8 Å². The van der Waals surface area contributed by atoms with Gasteiger partial charge >= 0.3 is 6.18 Å². The summed E-state index contributed by atoms with van der Waals surface area (Å²) in [6.45, 7) is 0.192. The predicted molar refractivity (Wildman–Crippen MR) is 99.1 cm³/mol. The zero-order chi connectivity index (χ0) is 20.3. The van der Waals surface area contributed by atoms with Crippen LogP contribution in [-0.4, -0.2) is 22.8 Å². The Labute approximate surface area is 163 Å². The third-order valence-electron chi connectivity index (χ3n) is 4.08. The summed E-state index contributed by atoms with van der Waals surface area (Å²) in [4.78, 5) is 18.2. The smallest absolute Gasteiger partial charge is 0.341 e. The monoisotopic (exact) mass is 408 g/mol. The summed E-state index contributed by atoms with van der Waals surface area (Å²) >= 11 is 1.32. The van der Waals surface area contributed by atoms with Crippen molar-refractivity contribution < 1.29 is 22.4 Å². The maximum atomic E-state index is 13.3. The number of hydrogen-bond acceptors (Lipinski definition) is 3. The highest BCUT2D eigenvalue weighted by atomic mass is 32.1. The Morgan fingerprint density at radius 2 is 1.86 bits per heavy atom. The molecule has 0 aliphatic heterocycles. The van der Waals surface area contributed by atoms with Crippen molar-refractivity contribution in [3.05, 3.63) is 76.5 Å². The second kappa shape index (κ2) is 8.10. The average molecular weight is 408 g/mol. The van der Waals surface area contributed by atoms with E-state index in [4.69, 9.17) is 0 Å². The first-order valence-corrected chi connectivity index (χ1v) is 9.21. The second-order valence-corrected chi connectivity index (χ2v) is 7.13. The molecule has 0 fully saturated rings. The van der Waals surface area contributed by atoms with E-state index in [-0.39, 0.29) is 24.7 Å². The van der Waals surface area contributed by atoms with Crippen molar-refractivity contribution in [3.63, 3.8) is 0 Å². The van der Waals surface area contributed by atoms with E-state index in [1.165, 1.54) is 40.5 Å². The van der Waals surface area contributed by atoms with Crippen molar-refractivity contribution in [1.29, 1.82) is 0 Å². The lowest BCUT2D eigenvalue weighted by Gasteiger charge is -2.17. The van der Waals surface area contributed by atoms with E-state index in [1.807, 2.05) is 0 Å². The van der Waals surface area contributed by atoms with Gasteiger partial charge in [-0.25, -0.2) is 9.37 Å². The maximum Gasteiger partial charge on any atom is 0.416 e. The summed E-state index contributed by atoms with van der Waals surface area (Å²) in [7, 11) is 1.58. The van der Waals surface area contributed by atoms with Crippen LogP contribution in [0.5, 0.6) is 0 Å². The lowest BCUT2D eigenvalue weighted by Crippen LogP contribution is -2.27. The third kappa shape index (κ3) is 4.95. The van der Waals surface area contributed by atoms with E-state index in [0.717, 1.165) is 12.1 Å². The minimum absolute atomic E-state index is 0.0585. The number of alkyl halides is 3. The van der Waals surface area contributed by atoms with Crippen LogP contribution in [0.15, 0.2) is 53.9 Å². The summed E-state index contributed by atoms with van der Waals surface area (Å²) in [5.41, 5.74) is 1.08. The highest BCUT2D eigenvalue weighted by Gasteiger charge is 2.30. The number of aromatic nitrogens is 1. The quantitative estimate of drug-likeness (QED) is 0.546. The molecule has 0 N–H and O–H groups in total. The van der Waals surface area contributed by atoms with E-state index in [9.17, 15) is 22.4 Å². The Morgan fingerprint density at radius 1 is 1.14 bits per heavy atom. The molecule has 3 rings (SSSR count). The molecular weight excluding hydrogens is 392 g/mol.